The first-order chi connectivity index (χ1) is 43.2. The molecule has 4 aliphatic heterocycles. The topological polar surface area (TPSA) is 16.3 Å². The van der Waals surface area contributed by atoms with Gasteiger partial charge in [-0.3, -0.25) is 0 Å². The molecule has 2 aromatic heterocycles. The van der Waals surface area contributed by atoms with Crippen LogP contribution in [0.4, 0.5) is 34.1 Å². The van der Waals surface area contributed by atoms with Crippen LogP contribution in [-0.4, -0.2) is 22.6 Å². The Kier molecular flexibility index (Phi) is 12.0. The summed E-state index contributed by atoms with van der Waals surface area (Å²) < 4.78 is 5.25. The van der Waals surface area contributed by atoms with Crippen molar-refractivity contribution < 1.29 is 0 Å². The maximum absolute atomic E-state index is 2.63. The molecular weight excluding hydrogens is 1130 g/mol. The summed E-state index contributed by atoms with van der Waals surface area (Å²) >= 11 is 3.85. The first kappa shape index (κ1) is 55.5. The summed E-state index contributed by atoms with van der Waals surface area (Å²) in [4.78, 5) is 10.1. The van der Waals surface area contributed by atoms with Gasteiger partial charge in [-0.2, -0.15) is 0 Å². The average molecular weight is 1200 g/mol. The second kappa shape index (κ2) is 19.5. The predicted octanol–water partition coefficient (Wildman–Crippen LogP) is 18.6. The van der Waals surface area contributed by atoms with Crippen LogP contribution in [0.1, 0.15) is 105 Å². The number of benzene rings is 11. The van der Waals surface area contributed by atoms with Gasteiger partial charge in [-0.15, -0.1) is 0 Å². The minimum Gasteiger partial charge on any atom is -0.310 e. The Morgan fingerprint density at radius 1 is 0.289 bits per heavy atom. The van der Waals surface area contributed by atoms with E-state index in [-0.39, 0.29) is 35.1 Å². The molecule has 0 amide bonds. The van der Waals surface area contributed by atoms with Crippen molar-refractivity contribution in [1.82, 2.24) is 9.13 Å². The van der Waals surface area contributed by atoms with Crippen molar-refractivity contribution in [1.29, 1.82) is 0 Å². The highest BCUT2D eigenvalue weighted by Crippen LogP contribution is 2.47. The molecule has 11 aromatic carbocycles. The van der Waals surface area contributed by atoms with Crippen LogP contribution in [0.3, 0.4) is 0 Å². The molecule has 90 heavy (non-hydrogen) atoms. The quantitative estimate of drug-likeness (QED) is 0.154. The number of aromatic nitrogens is 2. The van der Waals surface area contributed by atoms with E-state index in [1.165, 1.54) is 130 Å². The van der Waals surface area contributed by atoms with Gasteiger partial charge in [-0.05, 0) is 175 Å². The highest BCUT2D eigenvalue weighted by Gasteiger charge is 2.42. The molecule has 0 N–H and O–H groups in total. The number of fused-ring (bicyclic) bond motifs is 14. The monoisotopic (exact) mass is 1200 g/mol. The molecule has 0 aliphatic carbocycles. The van der Waals surface area contributed by atoms with Crippen molar-refractivity contribution in [3.8, 4) is 11.4 Å². The van der Waals surface area contributed by atoms with E-state index >= 15 is 0 Å². The Morgan fingerprint density at radius 3 is 0.944 bits per heavy atom. The first-order valence-electron chi connectivity index (χ1n) is 32.1. The smallest absolute Gasteiger partial charge is 0.249 e. The van der Waals surface area contributed by atoms with Crippen molar-refractivity contribution in [3.05, 3.63) is 241 Å². The fraction of sp³-hybridized carbons (Fsp3) is 0.195. The molecule has 438 valence electrons. The molecule has 0 fully saturated rings. The zero-order valence-electron chi connectivity index (χ0n) is 53.5. The van der Waals surface area contributed by atoms with Crippen LogP contribution in [0.25, 0.3) is 55.0 Å². The van der Waals surface area contributed by atoms with Gasteiger partial charge in [0.2, 0.25) is 13.4 Å². The third-order valence-electron chi connectivity index (χ3n) is 20.1. The van der Waals surface area contributed by atoms with E-state index in [0.29, 0.717) is 0 Å². The normalized spacial score (nSPS) is 13.9. The van der Waals surface area contributed by atoms with E-state index in [1.807, 2.05) is 23.5 Å². The second-order valence-electron chi connectivity index (χ2n) is 29.8. The van der Waals surface area contributed by atoms with Crippen LogP contribution in [0.2, 0.25) is 0 Å². The summed E-state index contributed by atoms with van der Waals surface area (Å²) in [5.41, 5.74) is 28.4. The van der Waals surface area contributed by atoms with Crippen LogP contribution in [0.15, 0.2) is 238 Å². The molecule has 0 unspecified atom stereocenters. The third kappa shape index (κ3) is 8.39. The van der Waals surface area contributed by atoms with Crippen molar-refractivity contribution in [2.45, 2.75) is 124 Å². The third-order valence-corrected chi connectivity index (χ3v) is 22.4. The lowest BCUT2D eigenvalue weighted by Crippen LogP contribution is -2.58. The van der Waals surface area contributed by atoms with Gasteiger partial charge in [0.25, 0.3) is 0 Å². The van der Waals surface area contributed by atoms with Crippen LogP contribution in [0, 0.1) is 0 Å². The summed E-state index contributed by atoms with van der Waals surface area (Å²) in [5, 5.41) is 5.19. The summed E-state index contributed by atoms with van der Waals surface area (Å²) in [6, 6.07) is 84.8. The van der Waals surface area contributed by atoms with Crippen LogP contribution in [-0.2, 0) is 21.7 Å². The minimum absolute atomic E-state index is 0.0581. The van der Waals surface area contributed by atoms with Gasteiger partial charge in [0.1, 0.15) is 0 Å². The molecule has 0 saturated heterocycles. The van der Waals surface area contributed by atoms with Crippen molar-refractivity contribution in [2.75, 3.05) is 9.80 Å². The summed E-state index contributed by atoms with van der Waals surface area (Å²) in [5.74, 6) is 0. The van der Waals surface area contributed by atoms with Crippen molar-refractivity contribution in [2.24, 2.45) is 0 Å². The van der Waals surface area contributed by atoms with Gasteiger partial charge in [0.05, 0.1) is 11.0 Å². The Balaban J connectivity index is 0.794. The molecule has 0 atom stereocenters. The molecule has 0 saturated carbocycles. The van der Waals surface area contributed by atoms with Gasteiger partial charge in [-0.25, -0.2) is 0 Å². The number of hydrogen-bond donors (Lipinski definition) is 0. The van der Waals surface area contributed by atoms with E-state index in [9.17, 15) is 0 Å². The lowest BCUT2D eigenvalue weighted by atomic mass is 9.35. The lowest BCUT2D eigenvalue weighted by Gasteiger charge is -2.34. The number of anilines is 6. The minimum atomic E-state index is 0.0581. The molecule has 4 nitrogen and oxygen atoms in total. The average Bonchev–Trinajstić information content (AvgIpc) is 1.48. The molecule has 8 heteroatoms. The van der Waals surface area contributed by atoms with E-state index in [2.05, 4.69) is 320 Å². The fourth-order valence-electron chi connectivity index (χ4n) is 15.4. The molecule has 13 aromatic rings. The highest BCUT2D eigenvalue weighted by atomic mass is 32.2. The number of para-hydroxylation sites is 2. The Labute approximate surface area is 539 Å². The zero-order valence-corrected chi connectivity index (χ0v) is 55.2. The first-order valence-corrected chi connectivity index (χ1v) is 33.8. The van der Waals surface area contributed by atoms with E-state index in [0.717, 1.165) is 34.1 Å². The van der Waals surface area contributed by atoms with Gasteiger partial charge >= 0.3 is 0 Å². The summed E-state index contributed by atoms with van der Waals surface area (Å²) in [6.45, 7) is 27.7. The molecule has 17 rings (SSSR count). The maximum atomic E-state index is 2.63. The fourth-order valence-corrected chi connectivity index (χ4v) is 17.8. The van der Waals surface area contributed by atoms with Crippen LogP contribution >= 0.6 is 23.5 Å². The predicted molar refractivity (Wildman–Crippen MR) is 390 cm³/mol. The Bertz CT molecular complexity index is 4730. The van der Waals surface area contributed by atoms with Crippen molar-refractivity contribution in [3.63, 3.8) is 0 Å². The van der Waals surface area contributed by atoms with Crippen LogP contribution < -0.4 is 42.6 Å². The number of hydrogen-bond acceptors (Lipinski definition) is 4. The summed E-state index contributed by atoms with van der Waals surface area (Å²) in [7, 11) is 0. The van der Waals surface area contributed by atoms with Crippen LogP contribution in [0.5, 0.6) is 0 Å². The molecular formula is C82H72B2N4S2. The molecule has 6 heterocycles. The van der Waals surface area contributed by atoms with Gasteiger partial charge in [-0.1, -0.05) is 227 Å². The maximum Gasteiger partial charge on any atom is 0.249 e. The molecule has 0 spiro atoms. The molecule has 0 bridgehead atoms. The number of rotatable bonds is 6. The SMILES string of the molecule is CC(C)(C)c1ccc(N(c2ccc(C(C)(C)C)cc2)c2ccc3c(c2)Sc2cccc4c2B3c2cccc3c5cc6c7cccc8c7n(c6cc5n-4c23)-c2cccc3c2B8c2ccc(N(c4ccc(C(C)(C)C)cc4)c4ccc(C(C)(C)C)cc4)cc2S3)cc1. The Hall–Kier alpha value is -8.55. The molecule has 4 aliphatic rings. The Morgan fingerprint density at radius 2 is 0.611 bits per heavy atom. The standard InChI is InChI=1S/C82H72B2N4S2/c1-79(2,3)49-25-33-53(34-26-49)85(54-35-27-50(28-36-54)80(4,5)6)57-41-43-63-73(45-57)89-71-23-15-21-67-75(71)83(63)65-19-13-17-59-61-47-62-60-18-14-20-66-78(60)88(70(62)48-69(61)87(67)77(59)65)68-22-16-24-72-76(68)84(66)64-44-42-58(46-74(64)90-72)86(55-37-29-51(30-38-55)81(7,8)9)56-39-31-52(32-40-56)82(10,11)12/h13-48H,1-12H3. The summed E-state index contributed by atoms with van der Waals surface area (Å²) in [6.07, 6.45) is 0. The van der Waals surface area contributed by atoms with E-state index < -0.39 is 0 Å². The van der Waals surface area contributed by atoms with Gasteiger partial charge < -0.3 is 18.9 Å². The van der Waals surface area contributed by atoms with Gasteiger partial charge in [0, 0.05) is 97.7 Å². The van der Waals surface area contributed by atoms with E-state index in [1.54, 1.807) is 0 Å². The zero-order chi connectivity index (χ0) is 61.7. The van der Waals surface area contributed by atoms with Crippen molar-refractivity contribution >= 4 is 147 Å². The lowest BCUT2D eigenvalue weighted by molar-refractivity contribution is 0.590. The highest BCUT2D eigenvalue weighted by molar-refractivity contribution is 8.00. The largest absolute Gasteiger partial charge is 0.310 e. The van der Waals surface area contributed by atoms with Gasteiger partial charge in [0.15, 0.2) is 0 Å². The second-order valence-corrected chi connectivity index (χ2v) is 32.0. The molecule has 0 radical (unpaired) electrons. The van der Waals surface area contributed by atoms with E-state index in [4.69, 9.17) is 0 Å². The number of nitrogens with zero attached hydrogens (tertiary/aromatic N) is 4.